The van der Waals surface area contributed by atoms with Crippen LogP contribution in [0.25, 0.3) is 17.4 Å². The number of ether oxygens (including phenoxy) is 1. The van der Waals surface area contributed by atoms with Gasteiger partial charge >= 0.3 is 6.03 Å². The summed E-state index contributed by atoms with van der Waals surface area (Å²) in [6, 6.07) is 14.8. The number of benzene rings is 2. The fourth-order valence-corrected chi connectivity index (χ4v) is 3.75. The highest BCUT2D eigenvalue weighted by Gasteiger charge is 2.39. The number of nitro groups is 1. The largest absolute Gasteiger partial charge is 0.494 e. The maximum atomic E-state index is 13.1. The fourth-order valence-electron chi connectivity index (χ4n) is 3.75. The molecule has 178 valence electrons. The van der Waals surface area contributed by atoms with Crippen molar-refractivity contribution in [2.75, 3.05) is 6.61 Å². The summed E-state index contributed by atoms with van der Waals surface area (Å²) in [5, 5.41) is 13.7. The van der Waals surface area contributed by atoms with Crippen molar-refractivity contribution in [3.05, 3.63) is 87.7 Å². The molecule has 10 heteroatoms. The van der Waals surface area contributed by atoms with Gasteiger partial charge in [-0.25, -0.2) is 4.79 Å². The van der Waals surface area contributed by atoms with Crippen LogP contribution in [0.15, 0.2) is 70.7 Å². The molecular formula is C25H21N3O7. The monoisotopic (exact) mass is 475 g/mol. The smallest absolute Gasteiger partial charge is 0.331 e. The molecule has 4 rings (SSSR count). The molecule has 4 amide bonds. The number of rotatable bonds is 7. The second-order valence-electron chi connectivity index (χ2n) is 7.65. The first kappa shape index (κ1) is 23.4. The zero-order valence-electron chi connectivity index (χ0n) is 18.9. The standard InChI is InChI=1S/C25H21N3O7/c1-3-34-17-9-11-19(21(14-17)28(32)33)22-12-10-18(35-22)13-20-23(29)26-25(31)27(24(20)30)15(2)16-7-5-4-6-8-16/h4-15H,3H2,1-2H3,(H,26,29,31)/b20-13-/t15-/m1/s1. The van der Waals surface area contributed by atoms with Crippen molar-refractivity contribution in [2.24, 2.45) is 0 Å². The van der Waals surface area contributed by atoms with Crippen LogP contribution in [0.3, 0.4) is 0 Å². The molecule has 1 aromatic heterocycles. The minimum absolute atomic E-state index is 0.114. The molecule has 1 aliphatic rings. The minimum atomic E-state index is -0.860. The third-order valence-corrected chi connectivity index (χ3v) is 5.46. The number of hydrogen-bond acceptors (Lipinski definition) is 7. The summed E-state index contributed by atoms with van der Waals surface area (Å²) in [5.74, 6) is -1.01. The Morgan fingerprint density at radius 2 is 1.86 bits per heavy atom. The lowest BCUT2D eigenvalue weighted by Gasteiger charge is -2.31. The molecule has 0 radical (unpaired) electrons. The molecule has 1 N–H and O–H groups in total. The van der Waals surface area contributed by atoms with Gasteiger partial charge in [0.15, 0.2) is 0 Å². The number of imide groups is 2. The molecule has 2 heterocycles. The van der Waals surface area contributed by atoms with Gasteiger partial charge in [-0.3, -0.25) is 29.9 Å². The molecular weight excluding hydrogens is 454 g/mol. The molecule has 0 bridgehead atoms. The topological polar surface area (TPSA) is 132 Å². The van der Waals surface area contributed by atoms with E-state index in [1.165, 1.54) is 30.3 Å². The van der Waals surface area contributed by atoms with Crippen molar-refractivity contribution in [1.29, 1.82) is 0 Å². The maximum absolute atomic E-state index is 13.1. The molecule has 1 saturated heterocycles. The minimum Gasteiger partial charge on any atom is -0.494 e. The van der Waals surface area contributed by atoms with Gasteiger partial charge in [0.25, 0.3) is 17.5 Å². The Morgan fingerprint density at radius 1 is 1.11 bits per heavy atom. The second-order valence-corrected chi connectivity index (χ2v) is 7.65. The SMILES string of the molecule is CCOc1ccc(-c2ccc(/C=C3/C(=O)NC(=O)N([C@H](C)c4ccccc4)C3=O)o2)c([N+](=O)[O-])c1. The Morgan fingerprint density at radius 3 is 2.54 bits per heavy atom. The summed E-state index contributed by atoms with van der Waals surface area (Å²) in [4.78, 5) is 50.0. The van der Waals surface area contributed by atoms with Crippen LogP contribution in [0.1, 0.15) is 31.2 Å². The number of nitrogens with zero attached hydrogens (tertiary/aromatic N) is 2. The van der Waals surface area contributed by atoms with Gasteiger partial charge in [-0.1, -0.05) is 30.3 Å². The van der Waals surface area contributed by atoms with E-state index in [0.717, 1.165) is 4.90 Å². The highest BCUT2D eigenvalue weighted by Crippen LogP contribution is 2.35. The number of urea groups is 1. The van der Waals surface area contributed by atoms with Crippen LogP contribution in [-0.2, 0) is 9.59 Å². The molecule has 2 aromatic carbocycles. The fraction of sp³-hybridized carbons (Fsp3) is 0.160. The quantitative estimate of drug-likeness (QED) is 0.231. The van der Waals surface area contributed by atoms with E-state index in [9.17, 15) is 24.5 Å². The van der Waals surface area contributed by atoms with Crippen LogP contribution in [0.2, 0.25) is 0 Å². The second kappa shape index (κ2) is 9.64. The summed E-state index contributed by atoms with van der Waals surface area (Å²) >= 11 is 0. The molecule has 35 heavy (non-hydrogen) atoms. The van der Waals surface area contributed by atoms with Crippen molar-refractivity contribution < 1.29 is 28.5 Å². The predicted octanol–water partition coefficient (Wildman–Crippen LogP) is 4.48. The Labute approximate surface area is 199 Å². The van der Waals surface area contributed by atoms with Crippen molar-refractivity contribution in [3.63, 3.8) is 0 Å². The summed E-state index contributed by atoms with van der Waals surface area (Å²) in [6.45, 7) is 3.80. The molecule has 0 saturated carbocycles. The van der Waals surface area contributed by atoms with Crippen LogP contribution in [0.5, 0.6) is 5.75 Å². The number of amides is 4. The predicted molar refractivity (Wildman–Crippen MR) is 125 cm³/mol. The lowest BCUT2D eigenvalue weighted by molar-refractivity contribution is -0.384. The van der Waals surface area contributed by atoms with E-state index in [0.29, 0.717) is 17.9 Å². The first-order valence-corrected chi connectivity index (χ1v) is 10.8. The van der Waals surface area contributed by atoms with E-state index in [1.54, 1.807) is 44.2 Å². The van der Waals surface area contributed by atoms with E-state index >= 15 is 0 Å². The number of nitrogens with one attached hydrogen (secondary N) is 1. The number of furan rings is 1. The molecule has 10 nitrogen and oxygen atoms in total. The van der Waals surface area contributed by atoms with E-state index in [4.69, 9.17) is 9.15 Å². The number of carbonyl (C=O) groups is 3. The number of carbonyl (C=O) groups excluding carboxylic acids is 3. The average molecular weight is 475 g/mol. The van der Waals surface area contributed by atoms with Gasteiger partial charge in [0, 0.05) is 0 Å². The Kier molecular flexibility index (Phi) is 6.45. The van der Waals surface area contributed by atoms with E-state index in [2.05, 4.69) is 5.32 Å². The number of nitro benzene ring substituents is 1. The van der Waals surface area contributed by atoms with Crippen molar-refractivity contribution in [3.8, 4) is 17.1 Å². The van der Waals surface area contributed by atoms with Crippen LogP contribution in [0, 0.1) is 10.1 Å². The summed E-state index contributed by atoms with van der Waals surface area (Å²) in [5.41, 5.74) is 0.406. The third kappa shape index (κ3) is 4.67. The van der Waals surface area contributed by atoms with E-state index < -0.39 is 28.8 Å². The van der Waals surface area contributed by atoms with Crippen molar-refractivity contribution in [1.82, 2.24) is 10.2 Å². The van der Waals surface area contributed by atoms with E-state index in [-0.39, 0.29) is 28.3 Å². The maximum Gasteiger partial charge on any atom is 0.331 e. The molecule has 1 fully saturated rings. The molecule has 0 aliphatic carbocycles. The first-order valence-electron chi connectivity index (χ1n) is 10.8. The van der Waals surface area contributed by atoms with E-state index in [1.807, 2.05) is 6.07 Å². The van der Waals surface area contributed by atoms with Gasteiger partial charge in [0.05, 0.1) is 29.2 Å². The lowest BCUT2D eigenvalue weighted by atomic mass is 10.0. The Balaban J connectivity index is 1.66. The lowest BCUT2D eigenvalue weighted by Crippen LogP contribution is -2.54. The normalized spacial score (nSPS) is 15.8. The zero-order valence-corrected chi connectivity index (χ0v) is 18.9. The summed E-state index contributed by atoms with van der Waals surface area (Å²) in [6.07, 6.45) is 1.21. The molecule has 0 spiro atoms. The molecule has 1 atom stereocenters. The van der Waals surface area contributed by atoms with Gasteiger partial charge in [-0.05, 0) is 49.8 Å². The van der Waals surface area contributed by atoms with Gasteiger partial charge in [0.1, 0.15) is 22.8 Å². The molecule has 0 unspecified atom stereocenters. The highest BCUT2D eigenvalue weighted by atomic mass is 16.6. The van der Waals surface area contributed by atoms with Crippen molar-refractivity contribution >= 4 is 29.6 Å². The Hall–Kier alpha value is -4.73. The number of barbiturate groups is 1. The van der Waals surface area contributed by atoms with Crippen LogP contribution in [-0.4, -0.2) is 34.3 Å². The summed E-state index contributed by atoms with van der Waals surface area (Å²) in [7, 11) is 0. The first-order chi connectivity index (χ1) is 16.8. The molecule has 1 aliphatic heterocycles. The van der Waals surface area contributed by atoms with Gasteiger partial charge in [-0.15, -0.1) is 0 Å². The third-order valence-electron chi connectivity index (χ3n) is 5.46. The van der Waals surface area contributed by atoms with Gasteiger partial charge in [-0.2, -0.15) is 0 Å². The highest BCUT2D eigenvalue weighted by molar-refractivity contribution is 6.31. The van der Waals surface area contributed by atoms with Gasteiger partial charge < -0.3 is 9.15 Å². The number of hydrogen-bond donors (Lipinski definition) is 1. The average Bonchev–Trinajstić information content (AvgIpc) is 3.31. The zero-order chi connectivity index (χ0) is 25.1. The molecule has 3 aromatic rings. The van der Waals surface area contributed by atoms with Crippen LogP contribution in [0.4, 0.5) is 10.5 Å². The van der Waals surface area contributed by atoms with Crippen LogP contribution < -0.4 is 10.1 Å². The Bertz CT molecular complexity index is 1340. The van der Waals surface area contributed by atoms with Crippen LogP contribution >= 0.6 is 0 Å². The van der Waals surface area contributed by atoms with Gasteiger partial charge in [0.2, 0.25) is 0 Å². The van der Waals surface area contributed by atoms with Crippen molar-refractivity contribution in [2.45, 2.75) is 19.9 Å². The summed E-state index contributed by atoms with van der Waals surface area (Å²) < 4.78 is 11.0.